The second-order valence-electron chi connectivity index (χ2n) is 4.60. The number of aliphatic hydroxyl groups is 1. The highest BCUT2D eigenvalue weighted by molar-refractivity contribution is 7.90. The van der Waals surface area contributed by atoms with E-state index in [0.717, 1.165) is 6.26 Å². The third-order valence-electron chi connectivity index (χ3n) is 2.97. The molecule has 0 atom stereocenters. The lowest BCUT2D eigenvalue weighted by Gasteiger charge is -2.31. The zero-order chi connectivity index (χ0) is 13.3. The van der Waals surface area contributed by atoms with Crippen LogP contribution in [0.5, 0.6) is 0 Å². The molecule has 2 rings (SSSR count). The van der Waals surface area contributed by atoms with Gasteiger partial charge in [-0.3, -0.25) is 4.79 Å². The molecule has 0 bridgehead atoms. The molecule has 1 aromatic rings. The van der Waals surface area contributed by atoms with Crippen LogP contribution in [0.25, 0.3) is 0 Å². The van der Waals surface area contributed by atoms with Crippen molar-refractivity contribution in [3.8, 4) is 0 Å². The first kappa shape index (κ1) is 13.0. The fourth-order valence-electron chi connectivity index (χ4n) is 1.84. The number of rotatable bonds is 3. The smallest absolute Gasteiger partial charge is 0.251 e. The van der Waals surface area contributed by atoms with E-state index in [0.29, 0.717) is 18.4 Å². The number of carbonyl (C=O) groups is 1. The number of carbonyl (C=O) groups excluding carboxylic acids is 1. The predicted molar refractivity (Wildman–Crippen MR) is 66.0 cm³/mol. The van der Waals surface area contributed by atoms with Crippen LogP contribution in [0.15, 0.2) is 29.2 Å². The lowest BCUT2D eigenvalue weighted by molar-refractivity contribution is 0.0562. The number of aliphatic hydroxyl groups excluding tert-OH is 1. The Bertz CT molecular complexity index is 561. The topological polar surface area (TPSA) is 83.5 Å². The van der Waals surface area contributed by atoms with E-state index in [1.54, 1.807) is 12.1 Å². The number of amides is 1. The van der Waals surface area contributed by atoms with Gasteiger partial charge in [-0.15, -0.1) is 0 Å². The van der Waals surface area contributed by atoms with Crippen molar-refractivity contribution < 1.29 is 18.3 Å². The maximum atomic E-state index is 11.8. The number of benzene rings is 1. The molecule has 1 amide bonds. The van der Waals surface area contributed by atoms with Crippen molar-refractivity contribution in [2.24, 2.45) is 0 Å². The van der Waals surface area contributed by atoms with Gasteiger partial charge >= 0.3 is 0 Å². The van der Waals surface area contributed by atoms with Crippen molar-refractivity contribution >= 4 is 15.7 Å². The Labute approximate surface area is 106 Å². The summed E-state index contributed by atoms with van der Waals surface area (Å²) in [7, 11) is -3.31. The molecular formula is C12H15NO4S. The van der Waals surface area contributed by atoms with Gasteiger partial charge in [0.05, 0.1) is 11.0 Å². The second kappa shape index (κ2) is 4.70. The molecule has 98 valence electrons. The van der Waals surface area contributed by atoms with Crippen LogP contribution in [-0.2, 0) is 9.84 Å². The van der Waals surface area contributed by atoms with Crippen LogP contribution >= 0.6 is 0 Å². The molecule has 0 saturated heterocycles. The van der Waals surface area contributed by atoms with Crippen molar-refractivity contribution in [2.45, 2.75) is 29.9 Å². The zero-order valence-corrected chi connectivity index (χ0v) is 10.8. The van der Waals surface area contributed by atoms with Crippen LogP contribution in [0.4, 0.5) is 0 Å². The molecule has 18 heavy (non-hydrogen) atoms. The standard InChI is InChI=1S/C12H15NO4S/c1-18(16,17)11-4-2-3-8(5-11)12(15)13-9-6-10(14)7-9/h2-5,9-10,14H,6-7H2,1H3,(H,13,15). The number of nitrogens with one attached hydrogen (secondary N) is 1. The Kier molecular flexibility index (Phi) is 3.41. The minimum Gasteiger partial charge on any atom is -0.393 e. The molecule has 6 heteroatoms. The highest BCUT2D eigenvalue weighted by atomic mass is 32.2. The molecule has 1 fully saturated rings. The van der Waals surface area contributed by atoms with E-state index in [1.165, 1.54) is 12.1 Å². The third-order valence-corrected chi connectivity index (χ3v) is 4.08. The maximum Gasteiger partial charge on any atom is 0.251 e. The molecule has 1 saturated carbocycles. The summed E-state index contributed by atoms with van der Waals surface area (Å²) in [6, 6.07) is 5.91. The summed E-state index contributed by atoms with van der Waals surface area (Å²) in [5, 5.41) is 11.9. The molecule has 0 aromatic heterocycles. The van der Waals surface area contributed by atoms with E-state index in [2.05, 4.69) is 5.32 Å². The van der Waals surface area contributed by atoms with Crippen molar-refractivity contribution in [3.63, 3.8) is 0 Å². The first-order valence-corrected chi connectivity index (χ1v) is 7.54. The average Bonchev–Trinajstić information content (AvgIpc) is 2.26. The Hall–Kier alpha value is -1.40. The van der Waals surface area contributed by atoms with Gasteiger partial charge in [0.1, 0.15) is 0 Å². The fraction of sp³-hybridized carbons (Fsp3) is 0.417. The summed E-state index contributed by atoms with van der Waals surface area (Å²) in [4.78, 5) is 12.0. The summed E-state index contributed by atoms with van der Waals surface area (Å²) < 4.78 is 22.8. The van der Waals surface area contributed by atoms with Crippen LogP contribution < -0.4 is 5.32 Å². The SMILES string of the molecule is CS(=O)(=O)c1cccc(C(=O)NC2CC(O)C2)c1. The predicted octanol–water partition coefficient (Wildman–Crippen LogP) is 0.343. The van der Waals surface area contributed by atoms with Gasteiger partial charge < -0.3 is 10.4 Å². The third kappa shape index (κ3) is 2.88. The van der Waals surface area contributed by atoms with Gasteiger partial charge in [-0.25, -0.2) is 8.42 Å². The van der Waals surface area contributed by atoms with Crippen molar-refractivity contribution in [1.29, 1.82) is 0 Å². The van der Waals surface area contributed by atoms with Crippen molar-refractivity contribution in [1.82, 2.24) is 5.32 Å². The van der Waals surface area contributed by atoms with Gasteiger partial charge in [0.2, 0.25) is 0 Å². The number of sulfone groups is 1. The van der Waals surface area contributed by atoms with Crippen LogP contribution in [0, 0.1) is 0 Å². The van der Waals surface area contributed by atoms with Gasteiger partial charge in [0, 0.05) is 17.9 Å². The molecule has 5 nitrogen and oxygen atoms in total. The molecule has 0 spiro atoms. The average molecular weight is 269 g/mol. The van der Waals surface area contributed by atoms with Crippen LogP contribution in [0.1, 0.15) is 23.2 Å². The lowest BCUT2D eigenvalue weighted by Crippen LogP contribution is -2.46. The van der Waals surface area contributed by atoms with Gasteiger partial charge in [-0.1, -0.05) is 6.07 Å². The highest BCUT2D eigenvalue weighted by Gasteiger charge is 2.28. The molecule has 0 radical (unpaired) electrons. The van der Waals surface area contributed by atoms with Crippen molar-refractivity contribution in [2.75, 3.05) is 6.26 Å². The minimum atomic E-state index is -3.31. The molecule has 0 aliphatic heterocycles. The Morgan fingerprint density at radius 1 is 1.39 bits per heavy atom. The fourth-order valence-corrected chi connectivity index (χ4v) is 2.51. The summed E-state index contributed by atoms with van der Waals surface area (Å²) in [6.07, 6.45) is 1.87. The molecule has 0 unspecified atom stereocenters. The van der Waals surface area contributed by atoms with E-state index in [9.17, 15) is 13.2 Å². The maximum absolute atomic E-state index is 11.8. The summed E-state index contributed by atoms with van der Waals surface area (Å²) in [5.41, 5.74) is 0.319. The highest BCUT2D eigenvalue weighted by Crippen LogP contribution is 2.20. The van der Waals surface area contributed by atoms with E-state index in [4.69, 9.17) is 5.11 Å². The van der Waals surface area contributed by atoms with E-state index in [1.807, 2.05) is 0 Å². The summed E-state index contributed by atoms with van der Waals surface area (Å²) >= 11 is 0. The molecule has 1 aliphatic carbocycles. The number of hydrogen-bond acceptors (Lipinski definition) is 4. The van der Waals surface area contributed by atoms with Gasteiger partial charge in [-0.05, 0) is 31.0 Å². The quantitative estimate of drug-likeness (QED) is 0.829. The second-order valence-corrected chi connectivity index (χ2v) is 6.61. The van der Waals surface area contributed by atoms with Crippen LogP contribution in [0.2, 0.25) is 0 Å². The van der Waals surface area contributed by atoms with E-state index < -0.39 is 9.84 Å². The van der Waals surface area contributed by atoms with Crippen molar-refractivity contribution in [3.05, 3.63) is 29.8 Å². The first-order chi connectivity index (χ1) is 8.36. The van der Waals surface area contributed by atoms with Gasteiger partial charge in [-0.2, -0.15) is 0 Å². The monoisotopic (exact) mass is 269 g/mol. The van der Waals surface area contributed by atoms with Gasteiger partial charge in [0.15, 0.2) is 9.84 Å². The Morgan fingerprint density at radius 2 is 2.06 bits per heavy atom. The molecular weight excluding hydrogens is 254 g/mol. The normalized spacial score (nSPS) is 23.2. The van der Waals surface area contributed by atoms with Crippen LogP contribution in [-0.4, -0.2) is 37.8 Å². The lowest BCUT2D eigenvalue weighted by atomic mass is 9.89. The summed E-state index contributed by atoms with van der Waals surface area (Å²) in [6.45, 7) is 0. The number of hydrogen-bond donors (Lipinski definition) is 2. The van der Waals surface area contributed by atoms with Crippen LogP contribution in [0.3, 0.4) is 0 Å². The van der Waals surface area contributed by atoms with E-state index in [-0.39, 0.29) is 22.9 Å². The van der Waals surface area contributed by atoms with Gasteiger partial charge in [0.25, 0.3) is 5.91 Å². The molecule has 0 heterocycles. The largest absolute Gasteiger partial charge is 0.393 e. The zero-order valence-electron chi connectivity index (χ0n) is 9.96. The minimum absolute atomic E-state index is 0.0191. The Morgan fingerprint density at radius 3 is 2.61 bits per heavy atom. The first-order valence-electron chi connectivity index (χ1n) is 5.65. The summed E-state index contributed by atoms with van der Waals surface area (Å²) in [5.74, 6) is -0.308. The molecule has 2 N–H and O–H groups in total. The Balaban J connectivity index is 2.11. The molecule has 1 aliphatic rings. The van der Waals surface area contributed by atoms with E-state index >= 15 is 0 Å². The molecule has 1 aromatic carbocycles.